The van der Waals surface area contributed by atoms with E-state index in [1.54, 1.807) is 27.7 Å². The lowest BCUT2D eigenvalue weighted by molar-refractivity contribution is -0.162. The van der Waals surface area contributed by atoms with Gasteiger partial charge in [-0.05, 0) is 34.1 Å². The van der Waals surface area contributed by atoms with Crippen molar-refractivity contribution in [2.45, 2.75) is 47.0 Å². The minimum atomic E-state index is -0.944. The van der Waals surface area contributed by atoms with Gasteiger partial charge in [0.1, 0.15) is 0 Å². The second-order valence-corrected chi connectivity index (χ2v) is 7.48. The second-order valence-electron chi connectivity index (χ2n) is 7.48. The Labute approximate surface area is 171 Å². The third-order valence-corrected chi connectivity index (χ3v) is 3.73. The fraction of sp³-hybridized carbons (Fsp3) is 0.619. The summed E-state index contributed by atoms with van der Waals surface area (Å²) in [5.41, 5.74) is -1.89. The molecule has 0 aliphatic rings. The molecular formula is C21H28O8. The molecule has 0 unspecified atom stereocenters. The molecule has 0 aromatic rings. The predicted octanol–water partition coefficient (Wildman–Crippen LogP) is 1.65. The SMILES string of the molecule is C#CC(=O)OCCCOC(=O)C(C)(C)CC(C)(C)C(=O)OCCCOC(=O)C#C. The van der Waals surface area contributed by atoms with Gasteiger partial charge in [-0.15, -0.1) is 12.8 Å². The maximum absolute atomic E-state index is 12.3. The van der Waals surface area contributed by atoms with E-state index in [2.05, 4.69) is 9.47 Å². The minimum Gasteiger partial charge on any atom is -0.465 e. The van der Waals surface area contributed by atoms with Crippen LogP contribution in [0.5, 0.6) is 0 Å². The molecule has 0 aromatic heterocycles. The molecular weight excluding hydrogens is 380 g/mol. The van der Waals surface area contributed by atoms with Crippen molar-refractivity contribution in [3.05, 3.63) is 0 Å². The fourth-order valence-corrected chi connectivity index (χ4v) is 2.50. The molecule has 0 saturated carbocycles. The highest BCUT2D eigenvalue weighted by Gasteiger charge is 2.40. The van der Waals surface area contributed by atoms with Crippen LogP contribution in [-0.4, -0.2) is 50.3 Å². The maximum Gasteiger partial charge on any atom is 0.384 e. The molecule has 160 valence electrons. The average molecular weight is 408 g/mol. The number of ether oxygens (including phenoxy) is 4. The number of esters is 4. The fourth-order valence-electron chi connectivity index (χ4n) is 2.50. The summed E-state index contributed by atoms with van der Waals surface area (Å²) in [5, 5.41) is 0. The van der Waals surface area contributed by atoms with Gasteiger partial charge in [0.25, 0.3) is 0 Å². The Kier molecular flexibility index (Phi) is 11.2. The van der Waals surface area contributed by atoms with E-state index in [1.807, 2.05) is 11.8 Å². The van der Waals surface area contributed by atoms with Crippen LogP contribution in [0.4, 0.5) is 0 Å². The van der Waals surface area contributed by atoms with Crippen molar-refractivity contribution in [1.29, 1.82) is 0 Å². The van der Waals surface area contributed by atoms with Crippen LogP contribution in [0, 0.1) is 35.5 Å². The largest absolute Gasteiger partial charge is 0.465 e. The maximum atomic E-state index is 12.3. The van der Waals surface area contributed by atoms with Gasteiger partial charge in [-0.25, -0.2) is 9.59 Å². The lowest BCUT2D eigenvalue weighted by Gasteiger charge is -2.31. The van der Waals surface area contributed by atoms with E-state index in [-0.39, 0.29) is 32.8 Å². The highest BCUT2D eigenvalue weighted by molar-refractivity contribution is 5.87. The van der Waals surface area contributed by atoms with Crippen molar-refractivity contribution in [3.8, 4) is 24.7 Å². The van der Waals surface area contributed by atoms with Crippen molar-refractivity contribution in [2.24, 2.45) is 10.8 Å². The Hall–Kier alpha value is -3.00. The van der Waals surface area contributed by atoms with Crippen LogP contribution in [-0.2, 0) is 38.1 Å². The molecule has 0 N–H and O–H groups in total. The Balaban J connectivity index is 4.36. The van der Waals surface area contributed by atoms with Crippen LogP contribution in [0.2, 0.25) is 0 Å². The zero-order valence-corrected chi connectivity index (χ0v) is 17.4. The minimum absolute atomic E-state index is 0.0468. The zero-order valence-electron chi connectivity index (χ0n) is 17.4. The summed E-state index contributed by atoms with van der Waals surface area (Å²) in [7, 11) is 0. The van der Waals surface area contributed by atoms with Gasteiger partial charge in [0.05, 0.1) is 37.3 Å². The first kappa shape index (κ1) is 26.0. The van der Waals surface area contributed by atoms with Gasteiger partial charge in [0.2, 0.25) is 0 Å². The third-order valence-electron chi connectivity index (χ3n) is 3.73. The standard InChI is InChI=1S/C21H28O8/c1-7-16(22)26-11-9-13-28-18(24)20(3,4)15-21(5,6)19(25)29-14-10-12-27-17(23)8-2/h1-2H,9-15H2,3-6H3. The lowest BCUT2D eigenvalue weighted by Crippen LogP contribution is -2.37. The third kappa shape index (κ3) is 10.8. The number of carbonyl (C=O) groups excluding carboxylic acids is 4. The van der Waals surface area contributed by atoms with Crippen molar-refractivity contribution >= 4 is 23.9 Å². The monoisotopic (exact) mass is 408 g/mol. The highest BCUT2D eigenvalue weighted by Crippen LogP contribution is 2.35. The molecule has 29 heavy (non-hydrogen) atoms. The molecule has 0 bridgehead atoms. The predicted molar refractivity (Wildman–Crippen MR) is 103 cm³/mol. The van der Waals surface area contributed by atoms with E-state index in [1.165, 1.54) is 0 Å². The lowest BCUT2D eigenvalue weighted by atomic mass is 9.75. The van der Waals surface area contributed by atoms with Gasteiger partial charge in [0.15, 0.2) is 0 Å². The molecule has 0 heterocycles. The van der Waals surface area contributed by atoms with E-state index in [0.29, 0.717) is 12.8 Å². The van der Waals surface area contributed by atoms with Gasteiger partial charge in [-0.2, -0.15) is 0 Å². The Morgan fingerprint density at radius 2 is 0.966 bits per heavy atom. The molecule has 0 aliphatic carbocycles. The topological polar surface area (TPSA) is 105 Å². The number of hydrogen-bond acceptors (Lipinski definition) is 8. The molecule has 0 saturated heterocycles. The molecule has 0 spiro atoms. The molecule has 0 aliphatic heterocycles. The van der Waals surface area contributed by atoms with Crippen molar-refractivity contribution in [2.75, 3.05) is 26.4 Å². The van der Waals surface area contributed by atoms with Gasteiger partial charge in [0, 0.05) is 24.7 Å². The Bertz CT molecular complexity index is 618. The highest BCUT2D eigenvalue weighted by atomic mass is 16.6. The van der Waals surface area contributed by atoms with Crippen molar-refractivity contribution in [1.82, 2.24) is 0 Å². The van der Waals surface area contributed by atoms with Gasteiger partial charge in [-0.1, -0.05) is 0 Å². The molecule has 0 fully saturated rings. The van der Waals surface area contributed by atoms with Crippen LogP contribution in [0.1, 0.15) is 47.0 Å². The molecule has 0 amide bonds. The number of carbonyl (C=O) groups is 4. The summed E-state index contributed by atoms with van der Waals surface area (Å²) in [4.78, 5) is 46.3. The van der Waals surface area contributed by atoms with E-state index in [0.717, 1.165) is 0 Å². The number of hydrogen-bond donors (Lipinski definition) is 0. The molecule has 0 rings (SSSR count). The van der Waals surface area contributed by atoms with Crippen LogP contribution < -0.4 is 0 Å². The quantitative estimate of drug-likeness (QED) is 0.158. The first-order valence-electron chi connectivity index (χ1n) is 9.07. The second kappa shape index (κ2) is 12.5. The van der Waals surface area contributed by atoms with E-state index >= 15 is 0 Å². The summed E-state index contributed by atoms with van der Waals surface area (Å²) in [6, 6.07) is 0. The first-order valence-corrected chi connectivity index (χ1v) is 9.07. The van der Waals surface area contributed by atoms with Crippen LogP contribution >= 0.6 is 0 Å². The van der Waals surface area contributed by atoms with E-state index in [4.69, 9.17) is 22.3 Å². The molecule has 8 heteroatoms. The van der Waals surface area contributed by atoms with Crippen molar-refractivity contribution in [3.63, 3.8) is 0 Å². The first-order chi connectivity index (χ1) is 13.5. The summed E-state index contributed by atoms with van der Waals surface area (Å²) in [6.07, 6.45) is 10.5. The smallest absolute Gasteiger partial charge is 0.384 e. The van der Waals surface area contributed by atoms with Crippen LogP contribution in [0.3, 0.4) is 0 Å². The number of rotatable bonds is 12. The normalized spacial score (nSPS) is 10.8. The van der Waals surface area contributed by atoms with E-state index < -0.39 is 34.7 Å². The van der Waals surface area contributed by atoms with Gasteiger partial charge in [-0.3, -0.25) is 9.59 Å². The Morgan fingerprint density at radius 3 is 1.28 bits per heavy atom. The summed E-state index contributed by atoms with van der Waals surface area (Å²) < 4.78 is 19.8. The van der Waals surface area contributed by atoms with Crippen molar-refractivity contribution < 1.29 is 38.1 Å². The van der Waals surface area contributed by atoms with Crippen LogP contribution in [0.15, 0.2) is 0 Å². The Morgan fingerprint density at radius 1 is 0.655 bits per heavy atom. The summed E-state index contributed by atoms with van der Waals surface area (Å²) in [6.45, 7) is 6.88. The molecule has 0 aromatic carbocycles. The summed E-state index contributed by atoms with van der Waals surface area (Å²) >= 11 is 0. The van der Waals surface area contributed by atoms with Crippen LogP contribution in [0.25, 0.3) is 0 Å². The molecule has 0 radical (unpaired) electrons. The summed E-state index contributed by atoms with van der Waals surface area (Å²) in [5.74, 6) is 1.11. The van der Waals surface area contributed by atoms with Gasteiger partial charge >= 0.3 is 23.9 Å². The average Bonchev–Trinajstić information content (AvgIpc) is 2.65. The van der Waals surface area contributed by atoms with Gasteiger partial charge < -0.3 is 18.9 Å². The number of terminal acetylenes is 2. The molecule has 8 nitrogen and oxygen atoms in total. The molecule has 0 atom stereocenters. The van der Waals surface area contributed by atoms with E-state index in [9.17, 15) is 19.2 Å². The zero-order chi connectivity index (χ0) is 22.5.